The maximum atomic E-state index is 5.56. The van der Waals surface area contributed by atoms with Gasteiger partial charge in [0.15, 0.2) is 0 Å². The predicted molar refractivity (Wildman–Crippen MR) is 51.3 cm³/mol. The standard InChI is InChI=1S/C9H11N3O/c1-7-6-11-12(13-7)9-4-2-8(10)3-5-9/h2-6,11H,10H2,1H3. The van der Waals surface area contributed by atoms with Crippen LogP contribution < -0.4 is 16.3 Å². The molecule has 4 heteroatoms. The first kappa shape index (κ1) is 7.79. The van der Waals surface area contributed by atoms with E-state index in [9.17, 15) is 0 Å². The first-order chi connectivity index (χ1) is 6.25. The second-order valence-corrected chi connectivity index (χ2v) is 2.86. The zero-order chi connectivity index (χ0) is 9.26. The largest absolute Gasteiger partial charge is 0.399 e. The predicted octanol–water partition coefficient (Wildman–Crippen LogP) is 1.39. The second-order valence-electron chi connectivity index (χ2n) is 2.86. The van der Waals surface area contributed by atoms with E-state index in [1.807, 2.05) is 31.2 Å². The quantitative estimate of drug-likeness (QED) is 0.636. The highest BCUT2D eigenvalue weighted by Crippen LogP contribution is 2.19. The third kappa shape index (κ3) is 1.51. The Hall–Kier alpha value is -1.84. The molecule has 0 saturated carbocycles. The van der Waals surface area contributed by atoms with E-state index in [0.717, 1.165) is 17.1 Å². The van der Waals surface area contributed by atoms with Crippen molar-refractivity contribution in [3.63, 3.8) is 0 Å². The minimum absolute atomic E-state index is 0.743. The van der Waals surface area contributed by atoms with Gasteiger partial charge in [0.1, 0.15) is 5.76 Å². The maximum Gasteiger partial charge on any atom is 0.149 e. The first-order valence-electron chi connectivity index (χ1n) is 4.02. The number of nitrogen functional groups attached to an aromatic ring is 1. The van der Waals surface area contributed by atoms with Crippen LogP contribution in [-0.2, 0) is 4.84 Å². The number of hydrogen-bond acceptors (Lipinski definition) is 4. The molecule has 1 aromatic rings. The Morgan fingerprint density at radius 2 is 2.00 bits per heavy atom. The number of nitrogens with one attached hydrogen (secondary N) is 1. The number of hydrazine groups is 1. The second kappa shape index (κ2) is 2.90. The Morgan fingerprint density at radius 3 is 2.54 bits per heavy atom. The van der Waals surface area contributed by atoms with Crippen molar-refractivity contribution >= 4 is 11.4 Å². The molecular formula is C9H11N3O. The molecule has 0 bridgehead atoms. The van der Waals surface area contributed by atoms with Crippen LogP contribution in [0.15, 0.2) is 36.2 Å². The lowest BCUT2D eigenvalue weighted by atomic mass is 10.3. The number of hydrogen-bond donors (Lipinski definition) is 2. The molecule has 0 amide bonds. The van der Waals surface area contributed by atoms with E-state index >= 15 is 0 Å². The Labute approximate surface area is 76.5 Å². The third-order valence-electron chi connectivity index (χ3n) is 1.75. The summed E-state index contributed by atoms with van der Waals surface area (Å²) in [5.41, 5.74) is 10.2. The molecule has 1 aromatic carbocycles. The van der Waals surface area contributed by atoms with Crippen molar-refractivity contribution in [2.45, 2.75) is 6.92 Å². The summed E-state index contributed by atoms with van der Waals surface area (Å²) in [6, 6.07) is 7.42. The molecule has 1 aliphatic heterocycles. The number of rotatable bonds is 1. The molecular weight excluding hydrogens is 166 g/mol. The van der Waals surface area contributed by atoms with Gasteiger partial charge in [-0.25, -0.2) is 0 Å². The van der Waals surface area contributed by atoms with Crippen LogP contribution in [0.4, 0.5) is 11.4 Å². The van der Waals surface area contributed by atoms with Gasteiger partial charge in [0, 0.05) is 5.69 Å². The molecule has 0 saturated heterocycles. The van der Waals surface area contributed by atoms with Crippen molar-refractivity contribution < 1.29 is 4.84 Å². The summed E-state index contributed by atoms with van der Waals surface area (Å²) in [5, 5.41) is 1.58. The molecule has 3 N–H and O–H groups in total. The van der Waals surface area contributed by atoms with Crippen LogP contribution >= 0.6 is 0 Å². The van der Waals surface area contributed by atoms with Gasteiger partial charge in [-0.15, -0.1) is 5.17 Å². The van der Waals surface area contributed by atoms with Crippen LogP contribution in [0.25, 0.3) is 0 Å². The topological polar surface area (TPSA) is 50.5 Å². The normalized spacial score (nSPS) is 14.8. The molecule has 0 spiro atoms. The fourth-order valence-corrected chi connectivity index (χ4v) is 1.08. The van der Waals surface area contributed by atoms with Crippen LogP contribution in [-0.4, -0.2) is 0 Å². The van der Waals surface area contributed by atoms with Gasteiger partial charge in [0.25, 0.3) is 0 Å². The monoisotopic (exact) mass is 177 g/mol. The van der Waals surface area contributed by atoms with Crippen LogP contribution in [0.2, 0.25) is 0 Å². The molecule has 0 aliphatic carbocycles. The minimum atomic E-state index is 0.743. The lowest BCUT2D eigenvalue weighted by Crippen LogP contribution is -2.27. The Balaban J connectivity index is 2.14. The molecule has 1 heterocycles. The number of allylic oxidation sites excluding steroid dienone is 1. The van der Waals surface area contributed by atoms with Crippen LogP contribution in [0.3, 0.4) is 0 Å². The Morgan fingerprint density at radius 1 is 1.31 bits per heavy atom. The highest BCUT2D eigenvalue weighted by atomic mass is 16.7. The van der Waals surface area contributed by atoms with E-state index < -0.39 is 0 Å². The van der Waals surface area contributed by atoms with Gasteiger partial charge >= 0.3 is 0 Å². The summed E-state index contributed by atoms with van der Waals surface area (Å²) in [7, 11) is 0. The van der Waals surface area contributed by atoms with Gasteiger partial charge in [-0.2, -0.15) is 0 Å². The van der Waals surface area contributed by atoms with Crippen molar-refractivity contribution in [2.24, 2.45) is 0 Å². The molecule has 13 heavy (non-hydrogen) atoms. The summed E-state index contributed by atoms with van der Waals surface area (Å²) in [6.45, 7) is 1.88. The van der Waals surface area contributed by atoms with E-state index in [0.29, 0.717) is 0 Å². The molecule has 2 rings (SSSR count). The smallest absolute Gasteiger partial charge is 0.149 e. The fraction of sp³-hybridized carbons (Fsp3) is 0.111. The summed E-state index contributed by atoms with van der Waals surface area (Å²) < 4.78 is 0. The van der Waals surface area contributed by atoms with E-state index in [1.54, 1.807) is 11.4 Å². The van der Waals surface area contributed by atoms with Gasteiger partial charge in [-0.3, -0.25) is 5.43 Å². The van der Waals surface area contributed by atoms with Gasteiger partial charge in [-0.05, 0) is 31.2 Å². The SMILES string of the molecule is CC1=CNN(c2ccc(N)cc2)O1. The molecule has 0 atom stereocenters. The number of benzene rings is 1. The average Bonchev–Trinajstić information content (AvgIpc) is 2.53. The summed E-state index contributed by atoms with van der Waals surface area (Å²) in [4.78, 5) is 5.33. The first-order valence-corrected chi connectivity index (χ1v) is 4.02. The van der Waals surface area contributed by atoms with Crippen LogP contribution in [0.5, 0.6) is 0 Å². The zero-order valence-corrected chi connectivity index (χ0v) is 7.32. The minimum Gasteiger partial charge on any atom is -0.399 e. The Bertz CT molecular complexity index is 331. The van der Waals surface area contributed by atoms with Crippen molar-refractivity contribution in [1.29, 1.82) is 0 Å². The number of nitrogens with two attached hydrogens (primary N) is 1. The highest BCUT2D eigenvalue weighted by Gasteiger charge is 2.11. The van der Waals surface area contributed by atoms with E-state index in [2.05, 4.69) is 5.43 Å². The third-order valence-corrected chi connectivity index (χ3v) is 1.75. The van der Waals surface area contributed by atoms with E-state index in [-0.39, 0.29) is 0 Å². The van der Waals surface area contributed by atoms with Crippen molar-refractivity contribution in [1.82, 2.24) is 5.43 Å². The zero-order valence-electron chi connectivity index (χ0n) is 7.32. The summed E-state index contributed by atoms with van der Waals surface area (Å²) in [5.74, 6) is 0.830. The van der Waals surface area contributed by atoms with Crippen molar-refractivity contribution in [2.75, 3.05) is 10.9 Å². The van der Waals surface area contributed by atoms with Crippen molar-refractivity contribution in [3.05, 3.63) is 36.2 Å². The molecule has 0 aromatic heterocycles. The molecule has 0 fully saturated rings. The number of nitrogens with zero attached hydrogens (tertiary/aromatic N) is 1. The van der Waals surface area contributed by atoms with Crippen LogP contribution in [0.1, 0.15) is 6.92 Å². The highest BCUT2D eigenvalue weighted by molar-refractivity contribution is 5.51. The van der Waals surface area contributed by atoms with Gasteiger partial charge in [-0.1, -0.05) is 0 Å². The van der Waals surface area contributed by atoms with Gasteiger partial charge < -0.3 is 10.6 Å². The fourth-order valence-electron chi connectivity index (χ4n) is 1.08. The molecule has 4 nitrogen and oxygen atoms in total. The van der Waals surface area contributed by atoms with E-state index in [1.165, 1.54) is 0 Å². The summed E-state index contributed by atoms with van der Waals surface area (Å²) >= 11 is 0. The summed E-state index contributed by atoms with van der Waals surface area (Å²) in [6.07, 6.45) is 1.79. The molecule has 1 aliphatic rings. The lowest BCUT2D eigenvalue weighted by Gasteiger charge is -2.16. The van der Waals surface area contributed by atoms with Gasteiger partial charge in [0.2, 0.25) is 0 Å². The molecule has 68 valence electrons. The number of anilines is 2. The molecule has 0 radical (unpaired) electrons. The van der Waals surface area contributed by atoms with Crippen molar-refractivity contribution in [3.8, 4) is 0 Å². The van der Waals surface area contributed by atoms with E-state index in [4.69, 9.17) is 10.6 Å². The van der Waals surface area contributed by atoms with Crippen LogP contribution in [0, 0.1) is 0 Å². The molecule has 0 unspecified atom stereocenters. The Kier molecular flexibility index (Phi) is 1.73. The average molecular weight is 177 g/mol. The maximum absolute atomic E-state index is 5.56. The lowest BCUT2D eigenvalue weighted by molar-refractivity contribution is 0.193. The van der Waals surface area contributed by atoms with Gasteiger partial charge in [0.05, 0.1) is 11.9 Å².